The van der Waals surface area contributed by atoms with Crippen molar-refractivity contribution in [2.75, 3.05) is 32.1 Å². The third-order valence-corrected chi connectivity index (χ3v) is 10.4. The topological polar surface area (TPSA) is 102 Å². The highest BCUT2D eigenvalue weighted by atomic mass is 32.2. The Labute approximate surface area is 245 Å². The van der Waals surface area contributed by atoms with E-state index in [4.69, 9.17) is 19.3 Å². The van der Waals surface area contributed by atoms with Gasteiger partial charge in [-0.1, -0.05) is 12.1 Å². The van der Waals surface area contributed by atoms with Gasteiger partial charge in [-0.05, 0) is 85.2 Å². The van der Waals surface area contributed by atoms with Gasteiger partial charge in [0.1, 0.15) is 35.8 Å². The second-order valence-corrected chi connectivity index (χ2v) is 13.4. The second kappa shape index (κ2) is 11.2. The van der Waals surface area contributed by atoms with E-state index in [9.17, 15) is 13.2 Å². The van der Waals surface area contributed by atoms with Crippen LogP contribution < -0.4 is 14.2 Å². The van der Waals surface area contributed by atoms with Crippen LogP contribution in [0.15, 0.2) is 42.5 Å². The standard InChI is InChI=1S/C32H34FNO7S/c1-19-14-23(39-12-11-34-10-3-13-42(34,37)38)15-20(2)31(19)25-6-8-27(33)32-26(25)7-9-28(32)41-22-4-5-24-21(16-30(35)36)18-40-29(24)17-22/h4-6,8,14-15,17,21,28H,3,7,9-13,16,18H2,1-2H3,(H,35,36)/t21-,28?/m1/s1. The van der Waals surface area contributed by atoms with Gasteiger partial charge in [-0.2, -0.15) is 4.31 Å². The Hall–Kier alpha value is -3.63. The zero-order chi connectivity index (χ0) is 29.6. The summed E-state index contributed by atoms with van der Waals surface area (Å²) in [5.74, 6) is 0.684. The van der Waals surface area contributed by atoms with Crippen LogP contribution in [0, 0.1) is 19.7 Å². The van der Waals surface area contributed by atoms with E-state index >= 15 is 4.39 Å². The molecule has 0 radical (unpaired) electrons. The number of aliphatic carboxylic acids is 1. The Kier molecular flexibility index (Phi) is 7.61. The number of ether oxygens (including phenoxy) is 3. The van der Waals surface area contributed by atoms with E-state index in [1.807, 2.05) is 38.1 Å². The van der Waals surface area contributed by atoms with Gasteiger partial charge in [0.15, 0.2) is 0 Å². The molecule has 0 saturated carbocycles. The first-order chi connectivity index (χ1) is 20.1. The molecular weight excluding hydrogens is 561 g/mol. The quantitative estimate of drug-likeness (QED) is 0.347. The molecule has 1 fully saturated rings. The SMILES string of the molecule is Cc1cc(OCCN2CCCS2(=O)=O)cc(C)c1-c1ccc(F)c2c1CCC2Oc1ccc2c(c1)OC[C@H]2CC(=O)O. The predicted molar refractivity (Wildman–Crippen MR) is 155 cm³/mol. The number of benzene rings is 3. The molecule has 42 heavy (non-hydrogen) atoms. The number of sulfonamides is 1. The molecule has 8 nitrogen and oxygen atoms in total. The molecule has 3 aromatic carbocycles. The summed E-state index contributed by atoms with van der Waals surface area (Å²) in [6.45, 7) is 5.46. The molecule has 0 spiro atoms. The van der Waals surface area contributed by atoms with Crippen molar-refractivity contribution < 1.29 is 36.9 Å². The van der Waals surface area contributed by atoms with Gasteiger partial charge in [0, 0.05) is 36.2 Å². The lowest BCUT2D eigenvalue weighted by Gasteiger charge is -2.19. The Balaban J connectivity index is 1.20. The Morgan fingerprint density at radius 3 is 2.62 bits per heavy atom. The lowest BCUT2D eigenvalue weighted by atomic mass is 9.90. The zero-order valence-electron chi connectivity index (χ0n) is 23.7. The van der Waals surface area contributed by atoms with E-state index in [1.165, 1.54) is 10.4 Å². The van der Waals surface area contributed by atoms with Crippen molar-refractivity contribution in [1.82, 2.24) is 4.31 Å². The summed E-state index contributed by atoms with van der Waals surface area (Å²) < 4.78 is 58.8. The van der Waals surface area contributed by atoms with E-state index < -0.39 is 22.1 Å². The van der Waals surface area contributed by atoms with Gasteiger partial charge in [0.05, 0.1) is 18.8 Å². The molecule has 10 heteroatoms. The molecule has 1 aliphatic carbocycles. The van der Waals surface area contributed by atoms with Crippen LogP contribution in [-0.2, 0) is 21.2 Å². The number of carboxylic acid groups (broad SMARTS) is 1. The first-order valence-electron chi connectivity index (χ1n) is 14.3. The van der Waals surface area contributed by atoms with Gasteiger partial charge in [-0.15, -0.1) is 0 Å². The summed E-state index contributed by atoms with van der Waals surface area (Å²) in [5.41, 5.74) is 6.31. The highest BCUT2D eigenvalue weighted by Crippen LogP contribution is 2.45. The van der Waals surface area contributed by atoms with Crippen LogP contribution in [-0.4, -0.2) is 55.9 Å². The van der Waals surface area contributed by atoms with E-state index in [0.29, 0.717) is 61.8 Å². The number of rotatable bonds is 9. The van der Waals surface area contributed by atoms with Crippen molar-refractivity contribution in [3.8, 4) is 28.4 Å². The Bertz CT molecular complexity index is 1630. The van der Waals surface area contributed by atoms with E-state index in [2.05, 4.69) is 0 Å². The van der Waals surface area contributed by atoms with Gasteiger partial charge in [-0.3, -0.25) is 4.79 Å². The van der Waals surface area contributed by atoms with E-state index in [-0.39, 0.29) is 30.5 Å². The molecule has 3 aliphatic rings. The van der Waals surface area contributed by atoms with E-state index in [1.54, 1.807) is 12.1 Å². The molecule has 1 saturated heterocycles. The minimum Gasteiger partial charge on any atom is -0.492 e. The van der Waals surface area contributed by atoms with E-state index in [0.717, 1.165) is 33.4 Å². The molecule has 2 atom stereocenters. The molecule has 6 rings (SSSR count). The van der Waals surface area contributed by atoms with Gasteiger partial charge < -0.3 is 19.3 Å². The molecule has 0 bridgehead atoms. The number of hydrogen-bond donors (Lipinski definition) is 1. The monoisotopic (exact) mass is 595 g/mol. The molecule has 2 aliphatic heterocycles. The molecule has 0 aromatic heterocycles. The molecular formula is C32H34FNO7S. The summed E-state index contributed by atoms with van der Waals surface area (Å²) >= 11 is 0. The van der Waals surface area contributed by atoms with Crippen molar-refractivity contribution in [1.29, 1.82) is 0 Å². The summed E-state index contributed by atoms with van der Waals surface area (Å²) in [4.78, 5) is 11.2. The largest absolute Gasteiger partial charge is 0.492 e. The average molecular weight is 596 g/mol. The molecule has 222 valence electrons. The van der Waals surface area contributed by atoms with Crippen molar-refractivity contribution in [2.45, 2.75) is 51.6 Å². The summed E-state index contributed by atoms with van der Waals surface area (Å²) in [6, 6.07) is 12.6. The fourth-order valence-corrected chi connectivity index (χ4v) is 8.05. The summed E-state index contributed by atoms with van der Waals surface area (Å²) in [5, 5.41) is 9.16. The van der Waals surface area contributed by atoms with Crippen LogP contribution in [0.2, 0.25) is 0 Å². The number of carbonyl (C=O) groups is 1. The fourth-order valence-electron chi connectivity index (χ4n) is 6.54. The summed E-state index contributed by atoms with van der Waals surface area (Å²) in [7, 11) is -3.16. The Morgan fingerprint density at radius 2 is 1.90 bits per heavy atom. The van der Waals surface area contributed by atoms with Crippen molar-refractivity contribution in [2.24, 2.45) is 0 Å². The van der Waals surface area contributed by atoms with Gasteiger partial charge in [0.2, 0.25) is 10.0 Å². The molecule has 3 aromatic rings. The number of aryl methyl sites for hydroxylation is 2. The fraction of sp³-hybridized carbons (Fsp3) is 0.406. The molecule has 0 amide bonds. The normalized spacial score (nSPS) is 20.6. The number of halogens is 1. The van der Waals surface area contributed by atoms with Crippen molar-refractivity contribution >= 4 is 16.0 Å². The zero-order valence-corrected chi connectivity index (χ0v) is 24.5. The lowest BCUT2D eigenvalue weighted by molar-refractivity contribution is -0.137. The highest BCUT2D eigenvalue weighted by Gasteiger charge is 2.32. The molecule has 1 N–H and O–H groups in total. The first-order valence-corrected chi connectivity index (χ1v) is 15.9. The maximum Gasteiger partial charge on any atom is 0.304 e. The minimum absolute atomic E-state index is 0.00601. The van der Waals surface area contributed by atoms with Crippen molar-refractivity contribution in [3.05, 3.63) is 76.1 Å². The van der Waals surface area contributed by atoms with Crippen LogP contribution in [0.25, 0.3) is 11.1 Å². The lowest BCUT2D eigenvalue weighted by Crippen LogP contribution is -2.30. The number of nitrogens with zero attached hydrogens (tertiary/aromatic N) is 1. The minimum atomic E-state index is -3.16. The van der Waals surface area contributed by atoms with Gasteiger partial charge in [-0.25, -0.2) is 12.8 Å². The van der Waals surface area contributed by atoms with Gasteiger partial charge >= 0.3 is 5.97 Å². The smallest absolute Gasteiger partial charge is 0.304 e. The maximum absolute atomic E-state index is 15.3. The van der Waals surface area contributed by atoms with Gasteiger partial charge in [0.25, 0.3) is 0 Å². The molecule has 1 unspecified atom stereocenters. The second-order valence-electron chi connectivity index (χ2n) is 11.3. The van der Waals surface area contributed by atoms with Crippen LogP contribution in [0.5, 0.6) is 17.2 Å². The Morgan fingerprint density at radius 1 is 1.12 bits per heavy atom. The van der Waals surface area contributed by atoms with Crippen LogP contribution in [0.4, 0.5) is 4.39 Å². The third-order valence-electron chi connectivity index (χ3n) is 8.43. The summed E-state index contributed by atoms with van der Waals surface area (Å²) in [6.07, 6.45) is 1.49. The third kappa shape index (κ3) is 5.45. The maximum atomic E-state index is 15.3. The number of hydrogen-bond acceptors (Lipinski definition) is 6. The predicted octanol–water partition coefficient (Wildman–Crippen LogP) is 5.54. The number of fused-ring (bicyclic) bond motifs is 2. The van der Waals surface area contributed by atoms with Crippen LogP contribution >= 0.6 is 0 Å². The molecule has 2 heterocycles. The van der Waals surface area contributed by atoms with Crippen LogP contribution in [0.3, 0.4) is 0 Å². The first kappa shape index (κ1) is 28.5. The highest BCUT2D eigenvalue weighted by molar-refractivity contribution is 7.89. The average Bonchev–Trinajstić information content (AvgIpc) is 3.62. The van der Waals surface area contributed by atoms with Crippen LogP contribution in [0.1, 0.15) is 59.1 Å². The van der Waals surface area contributed by atoms with Crippen molar-refractivity contribution in [3.63, 3.8) is 0 Å². The number of carboxylic acids is 1.